The first-order valence-electron chi connectivity index (χ1n) is 7.43. The zero-order chi connectivity index (χ0) is 17.8. The van der Waals surface area contributed by atoms with Crippen molar-refractivity contribution in [3.63, 3.8) is 0 Å². The van der Waals surface area contributed by atoms with E-state index in [0.717, 1.165) is 0 Å². The number of carbonyl (C=O) groups is 2. The molecule has 3 aromatic rings. The van der Waals surface area contributed by atoms with E-state index in [1.54, 1.807) is 42.5 Å². The van der Waals surface area contributed by atoms with E-state index < -0.39 is 23.7 Å². The fourth-order valence-corrected chi connectivity index (χ4v) is 2.34. The molecule has 1 atom stereocenters. The summed E-state index contributed by atoms with van der Waals surface area (Å²) in [7, 11) is 0. The number of amides is 2. The zero-order valence-electron chi connectivity index (χ0n) is 13.0. The van der Waals surface area contributed by atoms with Crippen molar-refractivity contribution in [2.24, 2.45) is 5.73 Å². The van der Waals surface area contributed by atoms with Gasteiger partial charge >= 0.3 is 0 Å². The van der Waals surface area contributed by atoms with Crippen LogP contribution in [0.1, 0.15) is 22.1 Å². The molecule has 1 aromatic heterocycles. The van der Waals surface area contributed by atoms with Crippen molar-refractivity contribution in [1.29, 1.82) is 0 Å². The Labute approximate surface area is 142 Å². The molecule has 0 saturated heterocycles. The smallest absolute Gasteiger partial charge is 0.274 e. The van der Waals surface area contributed by atoms with Gasteiger partial charge in [-0.25, -0.2) is 4.39 Å². The van der Waals surface area contributed by atoms with E-state index in [-0.39, 0.29) is 17.0 Å². The summed E-state index contributed by atoms with van der Waals surface area (Å²) in [6.07, 6.45) is 0. The minimum absolute atomic E-state index is 0.0829. The highest BCUT2D eigenvalue weighted by Crippen LogP contribution is 2.23. The third-order valence-corrected chi connectivity index (χ3v) is 3.57. The lowest BCUT2D eigenvalue weighted by Crippen LogP contribution is -2.37. The lowest BCUT2D eigenvalue weighted by molar-refractivity contribution is -0.120. The molecule has 0 bridgehead atoms. The van der Waals surface area contributed by atoms with E-state index in [9.17, 15) is 14.0 Å². The summed E-state index contributed by atoms with van der Waals surface area (Å²) in [5.41, 5.74) is 6.01. The maximum Gasteiger partial charge on any atom is 0.274 e. The molecule has 0 fully saturated rings. The second kappa shape index (κ2) is 6.96. The van der Waals surface area contributed by atoms with E-state index in [4.69, 9.17) is 10.3 Å². The maximum absolute atomic E-state index is 13.8. The first kappa shape index (κ1) is 16.4. The van der Waals surface area contributed by atoms with Crippen molar-refractivity contribution >= 4 is 11.8 Å². The minimum atomic E-state index is -1.01. The van der Waals surface area contributed by atoms with E-state index >= 15 is 0 Å². The fraction of sp³-hybridized carbons (Fsp3) is 0.0556. The van der Waals surface area contributed by atoms with Crippen LogP contribution in [-0.2, 0) is 4.79 Å². The van der Waals surface area contributed by atoms with E-state index in [2.05, 4.69) is 10.5 Å². The van der Waals surface area contributed by atoms with Crippen molar-refractivity contribution in [1.82, 2.24) is 10.5 Å². The van der Waals surface area contributed by atoms with Crippen LogP contribution in [0.5, 0.6) is 0 Å². The first-order valence-corrected chi connectivity index (χ1v) is 7.43. The van der Waals surface area contributed by atoms with Gasteiger partial charge in [-0.1, -0.05) is 47.6 Å². The molecule has 0 spiro atoms. The molecule has 0 saturated carbocycles. The lowest BCUT2D eigenvalue weighted by Gasteiger charge is -2.14. The van der Waals surface area contributed by atoms with Gasteiger partial charge in [0.25, 0.3) is 5.91 Å². The predicted octanol–water partition coefficient (Wildman–Crippen LogP) is 2.44. The summed E-state index contributed by atoms with van der Waals surface area (Å²) < 4.78 is 18.8. The molecule has 6 nitrogen and oxygen atoms in total. The Hall–Kier alpha value is -3.48. The third kappa shape index (κ3) is 3.55. The molecular weight excluding hydrogens is 325 g/mol. The van der Waals surface area contributed by atoms with Crippen LogP contribution < -0.4 is 11.1 Å². The van der Waals surface area contributed by atoms with Gasteiger partial charge in [0.15, 0.2) is 11.5 Å². The first-order chi connectivity index (χ1) is 12.1. The van der Waals surface area contributed by atoms with E-state index in [1.807, 2.05) is 0 Å². The molecule has 0 aliphatic carbocycles. The molecule has 1 heterocycles. The molecule has 0 aliphatic heterocycles. The van der Waals surface area contributed by atoms with Crippen molar-refractivity contribution < 1.29 is 18.5 Å². The average molecular weight is 339 g/mol. The normalized spacial score (nSPS) is 11.7. The Kier molecular flexibility index (Phi) is 4.56. The number of nitrogens with two attached hydrogens (primary N) is 1. The van der Waals surface area contributed by atoms with Crippen LogP contribution in [0.3, 0.4) is 0 Å². The van der Waals surface area contributed by atoms with Gasteiger partial charge in [-0.2, -0.15) is 0 Å². The highest BCUT2D eigenvalue weighted by molar-refractivity contribution is 5.96. The molecule has 3 rings (SSSR count). The van der Waals surface area contributed by atoms with Gasteiger partial charge in [0.2, 0.25) is 5.91 Å². The summed E-state index contributed by atoms with van der Waals surface area (Å²) in [4.78, 5) is 24.0. The van der Waals surface area contributed by atoms with Crippen LogP contribution in [-0.4, -0.2) is 17.0 Å². The SMILES string of the molecule is NC(=O)[C@@H](NC(=O)c1cc(-c2ccccc2F)on1)c1ccccc1. The summed E-state index contributed by atoms with van der Waals surface area (Å²) in [5, 5.41) is 6.13. The Morgan fingerprint density at radius 3 is 2.44 bits per heavy atom. The highest BCUT2D eigenvalue weighted by Gasteiger charge is 2.23. The van der Waals surface area contributed by atoms with Crippen molar-refractivity contribution in [2.45, 2.75) is 6.04 Å². The summed E-state index contributed by atoms with van der Waals surface area (Å²) in [5.74, 6) is -1.75. The highest BCUT2D eigenvalue weighted by atomic mass is 19.1. The Balaban J connectivity index is 1.82. The minimum Gasteiger partial charge on any atom is -0.368 e. The largest absolute Gasteiger partial charge is 0.368 e. The monoisotopic (exact) mass is 339 g/mol. The molecule has 126 valence electrons. The van der Waals surface area contributed by atoms with Crippen molar-refractivity contribution in [3.05, 3.63) is 77.7 Å². The van der Waals surface area contributed by atoms with Crippen LogP contribution in [0.4, 0.5) is 4.39 Å². The van der Waals surface area contributed by atoms with Gasteiger partial charge < -0.3 is 15.6 Å². The molecule has 3 N–H and O–H groups in total. The lowest BCUT2D eigenvalue weighted by atomic mass is 10.1. The van der Waals surface area contributed by atoms with Crippen LogP contribution in [0.2, 0.25) is 0 Å². The molecule has 2 aromatic carbocycles. The number of aromatic nitrogens is 1. The molecule has 0 aliphatic rings. The standard InChI is InChI=1S/C18H14FN3O3/c19-13-9-5-4-8-12(13)15-10-14(22-25-15)18(24)21-16(17(20)23)11-6-2-1-3-7-11/h1-10,16H,(H2,20,23)(H,21,24)/t16-/m0/s1. The Morgan fingerprint density at radius 2 is 1.76 bits per heavy atom. The van der Waals surface area contributed by atoms with Crippen LogP contribution in [0, 0.1) is 5.82 Å². The Morgan fingerprint density at radius 1 is 1.08 bits per heavy atom. The number of primary amides is 1. The summed E-state index contributed by atoms with van der Waals surface area (Å²) in [6.45, 7) is 0. The maximum atomic E-state index is 13.8. The number of hydrogen-bond donors (Lipinski definition) is 2. The fourth-order valence-electron chi connectivity index (χ4n) is 2.34. The van der Waals surface area contributed by atoms with Crippen molar-refractivity contribution in [3.8, 4) is 11.3 Å². The van der Waals surface area contributed by atoms with Gasteiger partial charge in [0.05, 0.1) is 5.56 Å². The number of halogens is 1. The van der Waals surface area contributed by atoms with Gasteiger partial charge in [-0.05, 0) is 17.7 Å². The molecule has 0 radical (unpaired) electrons. The number of nitrogens with zero attached hydrogens (tertiary/aromatic N) is 1. The van der Waals surface area contributed by atoms with Gasteiger partial charge in [0.1, 0.15) is 11.9 Å². The average Bonchev–Trinajstić information content (AvgIpc) is 3.10. The van der Waals surface area contributed by atoms with Crippen LogP contribution in [0.25, 0.3) is 11.3 Å². The number of carbonyl (C=O) groups excluding carboxylic acids is 2. The quantitative estimate of drug-likeness (QED) is 0.746. The van der Waals surface area contributed by atoms with E-state index in [1.165, 1.54) is 18.2 Å². The molecule has 0 unspecified atom stereocenters. The van der Waals surface area contributed by atoms with Gasteiger partial charge in [-0.15, -0.1) is 0 Å². The number of hydrogen-bond acceptors (Lipinski definition) is 4. The summed E-state index contributed by atoms with van der Waals surface area (Å²) >= 11 is 0. The number of benzene rings is 2. The van der Waals surface area contributed by atoms with Gasteiger partial charge in [0, 0.05) is 6.07 Å². The van der Waals surface area contributed by atoms with E-state index in [0.29, 0.717) is 5.56 Å². The molecule has 25 heavy (non-hydrogen) atoms. The molecule has 7 heteroatoms. The molecule has 2 amide bonds. The van der Waals surface area contributed by atoms with Crippen LogP contribution >= 0.6 is 0 Å². The number of rotatable bonds is 5. The second-order valence-corrected chi connectivity index (χ2v) is 5.28. The Bertz CT molecular complexity index is 909. The van der Waals surface area contributed by atoms with Crippen molar-refractivity contribution in [2.75, 3.05) is 0 Å². The zero-order valence-corrected chi connectivity index (χ0v) is 13.0. The van der Waals surface area contributed by atoms with Gasteiger partial charge in [-0.3, -0.25) is 9.59 Å². The topological polar surface area (TPSA) is 98.2 Å². The summed E-state index contributed by atoms with van der Waals surface area (Å²) in [6, 6.07) is 14.8. The number of nitrogens with one attached hydrogen (secondary N) is 1. The third-order valence-electron chi connectivity index (χ3n) is 3.57. The predicted molar refractivity (Wildman–Crippen MR) is 87.7 cm³/mol. The molecular formula is C18H14FN3O3. The second-order valence-electron chi connectivity index (χ2n) is 5.28. The van der Waals surface area contributed by atoms with Crippen LogP contribution in [0.15, 0.2) is 65.2 Å².